The molecular weight excluding hydrogens is 306 g/mol. The van der Waals surface area contributed by atoms with E-state index in [9.17, 15) is 14.4 Å². The molecule has 0 radical (unpaired) electrons. The Kier molecular flexibility index (Phi) is 4.67. The fourth-order valence-electron chi connectivity index (χ4n) is 2.10. The summed E-state index contributed by atoms with van der Waals surface area (Å²) in [5, 5.41) is 2.43. The Labute approximate surface area is 131 Å². The lowest BCUT2D eigenvalue weighted by atomic mass is 10.1. The molecule has 1 aliphatic heterocycles. The second-order valence-electron chi connectivity index (χ2n) is 5.23. The Bertz CT molecular complexity index is 652. The summed E-state index contributed by atoms with van der Waals surface area (Å²) in [4.78, 5) is 41.6. The molecule has 2 rings (SSSR count). The third-order valence-corrected chi connectivity index (χ3v) is 4.26. The van der Waals surface area contributed by atoms with Crippen LogP contribution < -0.4 is 11.3 Å². The van der Waals surface area contributed by atoms with Crippen molar-refractivity contribution in [3.63, 3.8) is 0 Å². The molecule has 1 aromatic rings. The molecule has 8 nitrogen and oxygen atoms in total. The van der Waals surface area contributed by atoms with Gasteiger partial charge >= 0.3 is 11.9 Å². The van der Waals surface area contributed by atoms with E-state index in [2.05, 4.69) is 4.98 Å². The molecule has 118 valence electrons. The summed E-state index contributed by atoms with van der Waals surface area (Å²) < 4.78 is 1.44. The summed E-state index contributed by atoms with van der Waals surface area (Å²) >= 11 is 1.35. The Balaban J connectivity index is 2.43. The second kappa shape index (κ2) is 6.32. The van der Waals surface area contributed by atoms with Crippen LogP contribution in [0.15, 0.2) is 5.38 Å². The first-order valence-corrected chi connectivity index (χ1v) is 7.63. The second-order valence-corrected chi connectivity index (χ2v) is 6.12. The van der Waals surface area contributed by atoms with Gasteiger partial charge in [0.1, 0.15) is 5.01 Å². The van der Waals surface area contributed by atoms with Gasteiger partial charge in [-0.05, 0) is 20.8 Å². The Hall–Kier alpha value is -2.13. The van der Waals surface area contributed by atoms with Gasteiger partial charge in [0.25, 0.3) is 5.91 Å². The number of hydrazine groups is 1. The molecule has 1 aromatic heterocycles. The maximum atomic E-state index is 12.6. The van der Waals surface area contributed by atoms with E-state index in [0.29, 0.717) is 5.01 Å². The standard InChI is InChI=1S/C13H17N5O3S/c1-7(2)17-4-9(11-15-8(3)6-22-11)12(20)18(13(17)21)5-10(19)16-14/h4,6-7,9H,5,14H2,1-3H3/p+1. The van der Waals surface area contributed by atoms with Crippen molar-refractivity contribution in [1.82, 2.24) is 15.3 Å². The monoisotopic (exact) mass is 324 g/mol. The summed E-state index contributed by atoms with van der Waals surface area (Å²) in [6.07, 6.45) is 1.57. The molecule has 0 fully saturated rings. The number of nitrogens with zero attached hydrogens (tertiary/aromatic N) is 3. The smallest absolute Gasteiger partial charge is 0.291 e. The van der Waals surface area contributed by atoms with Crippen LogP contribution in [0.2, 0.25) is 0 Å². The normalized spacial score (nSPS) is 18.7. The number of carbonyl (C=O) groups excluding carboxylic acids is 3. The molecule has 2 heterocycles. The van der Waals surface area contributed by atoms with E-state index in [4.69, 9.17) is 5.84 Å². The highest BCUT2D eigenvalue weighted by atomic mass is 32.1. The molecule has 0 saturated heterocycles. The van der Waals surface area contributed by atoms with E-state index in [1.165, 1.54) is 15.9 Å². The van der Waals surface area contributed by atoms with Gasteiger partial charge in [0.05, 0.1) is 12.3 Å². The number of hydrogen-bond donors (Lipinski definition) is 2. The van der Waals surface area contributed by atoms with E-state index < -0.39 is 30.3 Å². The zero-order chi connectivity index (χ0) is 16.4. The summed E-state index contributed by atoms with van der Waals surface area (Å²) in [6.45, 7) is 5.08. The zero-order valence-electron chi connectivity index (χ0n) is 12.6. The molecular formula is C13H18N5O3S+. The lowest BCUT2D eigenvalue weighted by Gasteiger charge is -2.23. The third kappa shape index (κ3) is 3.04. The molecule has 0 aromatic carbocycles. The minimum atomic E-state index is -0.677. The third-order valence-electron chi connectivity index (χ3n) is 3.22. The molecule has 0 bridgehead atoms. The van der Waals surface area contributed by atoms with Crippen molar-refractivity contribution >= 4 is 35.4 Å². The fourth-order valence-corrected chi connectivity index (χ4v) is 2.95. The molecule has 1 aliphatic rings. The zero-order valence-corrected chi connectivity index (χ0v) is 13.4. The van der Waals surface area contributed by atoms with Crippen LogP contribution in [-0.4, -0.2) is 51.1 Å². The van der Waals surface area contributed by atoms with Crippen LogP contribution in [-0.2, 0) is 9.59 Å². The highest BCUT2D eigenvalue weighted by Gasteiger charge is 2.46. The van der Waals surface area contributed by atoms with Crippen molar-refractivity contribution in [3.8, 4) is 0 Å². The first-order valence-electron chi connectivity index (χ1n) is 6.75. The van der Waals surface area contributed by atoms with Crippen LogP contribution in [0.1, 0.15) is 30.5 Å². The van der Waals surface area contributed by atoms with Gasteiger partial charge in [0.2, 0.25) is 0 Å². The molecule has 9 heteroatoms. The van der Waals surface area contributed by atoms with Crippen molar-refractivity contribution in [2.24, 2.45) is 5.84 Å². The van der Waals surface area contributed by atoms with E-state index >= 15 is 0 Å². The largest absolute Gasteiger partial charge is 0.501 e. The first kappa shape index (κ1) is 16.2. The minimum Gasteiger partial charge on any atom is -0.291 e. The van der Waals surface area contributed by atoms with E-state index in [0.717, 1.165) is 10.6 Å². The topological polar surface area (TPSA) is 108 Å². The number of carbonyl (C=O) groups is 3. The number of thiazole rings is 1. The van der Waals surface area contributed by atoms with E-state index in [1.807, 2.05) is 31.6 Å². The number of urea groups is 1. The van der Waals surface area contributed by atoms with Crippen LogP contribution >= 0.6 is 11.3 Å². The van der Waals surface area contributed by atoms with Crippen LogP contribution in [0, 0.1) is 6.92 Å². The number of imide groups is 1. The SMILES string of the molecule is Cc1csc(C2C=[N+](C(C)C)C(=O)N(CC(=O)NN)C2=O)n1. The van der Waals surface area contributed by atoms with Gasteiger partial charge in [-0.25, -0.2) is 15.6 Å². The number of rotatable bonds is 4. The summed E-state index contributed by atoms with van der Waals surface area (Å²) in [5.74, 6) is 3.28. The van der Waals surface area contributed by atoms with Crippen LogP contribution in [0.3, 0.4) is 0 Å². The number of hydrogen-bond acceptors (Lipinski definition) is 6. The van der Waals surface area contributed by atoms with Crippen molar-refractivity contribution in [2.45, 2.75) is 32.7 Å². The molecule has 1 atom stereocenters. The number of nitrogens with one attached hydrogen (secondary N) is 1. The first-order chi connectivity index (χ1) is 10.3. The summed E-state index contributed by atoms with van der Waals surface area (Å²) in [7, 11) is 0. The predicted octanol–water partition coefficient (Wildman–Crippen LogP) is -0.0211. The highest BCUT2D eigenvalue weighted by molar-refractivity contribution is 7.10. The molecule has 3 N–H and O–H groups in total. The van der Waals surface area contributed by atoms with Crippen molar-refractivity contribution < 1.29 is 19.0 Å². The van der Waals surface area contributed by atoms with Gasteiger partial charge in [0, 0.05) is 11.1 Å². The summed E-state index contributed by atoms with van der Waals surface area (Å²) in [5.41, 5.74) is 2.74. The fraction of sp³-hybridized carbons (Fsp3) is 0.462. The van der Waals surface area contributed by atoms with Gasteiger partial charge < -0.3 is 0 Å². The van der Waals surface area contributed by atoms with Crippen LogP contribution in [0.4, 0.5) is 4.79 Å². The lowest BCUT2D eigenvalue weighted by Crippen LogP contribution is -2.55. The molecule has 4 amide bonds. The average molecular weight is 324 g/mol. The van der Waals surface area contributed by atoms with E-state index in [1.54, 1.807) is 6.21 Å². The van der Waals surface area contributed by atoms with E-state index in [-0.39, 0.29) is 6.04 Å². The molecule has 1 unspecified atom stereocenters. The van der Waals surface area contributed by atoms with Crippen LogP contribution in [0.5, 0.6) is 0 Å². The Morgan fingerprint density at radius 3 is 2.73 bits per heavy atom. The number of nitrogens with two attached hydrogens (primary N) is 1. The number of amides is 4. The van der Waals surface area contributed by atoms with Crippen molar-refractivity contribution in [2.75, 3.05) is 6.54 Å². The molecule has 0 saturated carbocycles. The molecule has 0 aliphatic carbocycles. The average Bonchev–Trinajstić information content (AvgIpc) is 2.89. The summed E-state index contributed by atoms with van der Waals surface area (Å²) in [6, 6.07) is -0.680. The van der Waals surface area contributed by atoms with Crippen LogP contribution in [0.25, 0.3) is 0 Å². The Morgan fingerprint density at radius 2 is 2.23 bits per heavy atom. The van der Waals surface area contributed by atoms with Crippen molar-refractivity contribution in [3.05, 3.63) is 16.1 Å². The van der Waals surface area contributed by atoms with Gasteiger partial charge in [-0.3, -0.25) is 10.2 Å². The van der Waals surface area contributed by atoms with Crippen molar-refractivity contribution in [1.29, 1.82) is 0 Å². The maximum Gasteiger partial charge on any atom is 0.501 e. The predicted molar refractivity (Wildman–Crippen MR) is 80.5 cm³/mol. The van der Waals surface area contributed by atoms with Gasteiger partial charge in [0.15, 0.2) is 12.5 Å². The highest BCUT2D eigenvalue weighted by Crippen LogP contribution is 2.24. The number of aromatic nitrogens is 1. The number of aryl methyl sites for hydroxylation is 1. The molecule has 0 spiro atoms. The van der Waals surface area contributed by atoms with Gasteiger partial charge in [-0.15, -0.1) is 16.2 Å². The quantitative estimate of drug-likeness (QED) is 0.350. The maximum absolute atomic E-state index is 12.6. The molecule has 22 heavy (non-hydrogen) atoms. The van der Waals surface area contributed by atoms with Gasteiger partial charge in [-0.2, -0.15) is 9.37 Å². The van der Waals surface area contributed by atoms with Gasteiger partial charge in [-0.1, -0.05) is 0 Å². The minimum absolute atomic E-state index is 0.146. The Morgan fingerprint density at radius 1 is 1.55 bits per heavy atom. The lowest BCUT2D eigenvalue weighted by molar-refractivity contribution is -0.468.